The molecule has 16 heavy (non-hydrogen) atoms. The first-order valence-corrected chi connectivity index (χ1v) is 6.74. The van der Waals surface area contributed by atoms with Gasteiger partial charge in [-0.3, -0.25) is 0 Å². The molecule has 0 aromatic heterocycles. The lowest BCUT2D eigenvalue weighted by Crippen LogP contribution is -2.33. The molecule has 0 fully saturated rings. The Hall–Kier alpha value is -0.100. The Morgan fingerprint density at radius 2 is 1.88 bits per heavy atom. The van der Waals surface area contributed by atoms with Gasteiger partial charge in [-0.1, -0.05) is 20.8 Å². The van der Waals surface area contributed by atoms with Crippen molar-refractivity contribution >= 4 is 11.0 Å². The molecular weight excluding hydrogens is 239 g/mol. The lowest BCUT2D eigenvalue weighted by atomic mass is 10.2. The van der Waals surface area contributed by atoms with Gasteiger partial charge in [0.15, 0.2) is 0 Å². The summed E-state index contributed by atoms with van der Waals surface area (Å²) in [5.41, 5.74) is 0. The van der Waals surface area contributed by atoms with Gasteiger partial charge >= 0.3 is 6.18 Å². The fraction of sp³-hybridized carbons (Fsp3) is 1.00. The smallest absolute Gasteiger partial charge is 0.243 e. The van der Waals surface area contributed by atoms with Gasteiger partial charge in [0.2, 0.25) is 0 Å². The topological polar surface area (TPSA) is 20.3 Å². The molecule has 0 saturated carbocycles. The summed E-state index contributed by atoms with van der Waals surface area (Å²) >= 11 is 0. The van der Waals surface area contributed by atoms with E-state index in [1.54, 1.807) is 4.31 Å². The summed E-state index contributed by atoms with van der Waals surface area (Å²) in [6.07, 6.45) is -4.40. The largest absolute Gasteiger partial charge is 0.390 e. The zero-order valence-corrected chi connectivity index (χ0v) is 10.8. The molecule has 0 aromatic carbocycles. The van der Waals surface area contributed by atoms with Crippen molar-refractivity contribution in [3.05, 3.63) is 0 Å². The summed E-state index contributed by atoms with van der Waals surface area (Å²) in [6.45, 7) is 7.02. The van der Waals surface area contributed by atoms with E-state index < -0.39 is 23.6 Å². The SMILES string of the molecule is CCCN(CC(C)C)S(=O)CCC(F)(F)F. The molecule has 0 aromatic rings. The van der Waals surface area contributed by atoms with E-state index in [9.17, 15) is 17.4 Å². The molecule has 1 unspecified atom stereocenters. The summed E-state index contributed by atoms with van der Waals surface area (Å²) in [7, 11) is -1.51. The van der Waals surface area contributed by atoms with Crippen LogP contribution < -0.4 is 0 Å². The second-order valence-corrected chi connectivity index (χ2v) is 5.74. The third-order valence-corrected chi connectivity index (χ3v) is 3.35. The van der Waals surface area contributed by atoms with Gasteiger partial charge in [-0.25, -0.2) is 8.51 Å². The van der Waals surface area contributed by atoms with E-state index in [0.29, 0.717) is 19.0 Å². The van der Waals surface area contributed by atoms with Crippen LogP contribution in [-0.2, 0) is 11.0 Å². The molecule has 0 bridgehead atoms. The predicted octanol–water partition coefficient (Wildman–Crippen LogP) is 2.97. The van der Waals surface area contributed by atoms with Crippen molar-refractivity contribution in [2.75, 3.05) is 18.8 Å². The van der Waals surface area contributed by atoms with Crippen LogP contribution >= 0.6 is 0 Å². The third kappa shape index (κ3) is 8.10. The minimum atomic E-state index is -4.22. The summed E-state index contributed by atoms with van der Waals surface area (Å²) in [5.74, 6) is -0.0164. The highest BCUT2D eigenvalue weighted by molar-refractivity contribution is 7.82. The monoisotopic (exact) mass is 259 g/mol. The fourth-order valence-corrected chi connectivity index (χ4v) is 2.78. The van der Waals surface area contributed by atoms with Gasteiger partial charge < -0.3 is 0 Å². The molecule has 6 heteroatoms. The van der Waals surface area contributed by atoms with Gasteiger partial charge in [0, 0.05) is 18.8 Å². The zero-order valence-electron chi connectivity index (χ0n) is 10.0. The Kier molecular flexibility index (Phi) is 7.22. The van der Waals surface area contributed by atoms with E-state index in [0.717, 1.165) is 6.42 Å². The van der Waals surface area contributed by atoms with Crippen LogP contribution in [0.3, 0.4) is 0 Å². The van der Waals surface area contributed by atoms with Crippen molar-refractivity contribution in [2.45, 2.75) is 39.8 Å². The Morgan fingerprint density at radius 3 is 2.25 bits per heavy atom. The molecule has 0 heterocycles. The van der Waals surface area contributed by atoms with Crippen LogP contribution in [0, 0.1) is 5.92 Å². The molecule has 2 nitrogen and oxygen atoms in total. The van der Waals surface area contributed by atoms with Crippen LogP contribution in [0.1, 0.15) is 33.6 Å². The number of nitrogens with zero attached hydrogens (tertiary/aromatic N) is 1. The standard InChI is InChI=1S/C10H20F3NOS/c1-4-6-14(8-9(2)3)16(15)7-5-10(11,12)13/h9H,4-8H2,1-3H3. The molecule has 98 valence electrons. The number of halogens is 3. The Balaban J connectivity index is 4.16. The Labute approximate surface area is 97.8 Å². The molecule has 0 amide bonds. The van der Waals surface area contributed by atoms with E-state index in [-0.39, 0.29) is 5.75 Å². The Morgan fingerprint density at radius 1 is 1.31 bits per heavy atom. The second-order valence-electron chi connectivity index (χ2n) is 4.17. The summed E-state index contributed by atoms with van der Waals surface area (Å²) in [6, 6.07) is 0. The fourth-order valence-electron chi connectivity index (χ4n) is 1.27. The van der Waals surface area contributed by atoms with Crippen LogP contribution in [0.5, 0.6) is 0 Å². The second kappa shape index (κ2) is 7.27. The van der Waals surface area contributed by atoms with E-state index in [1.807, 2.05) is 20.8 Å². The first-order chi connectivity index (χ1) is 7.26. The molecule has 0 rings (SSSR count). The average molecular weight is 259 g/mol. The van der Waals surface area contributed by atoms with Crippen molar-refractivity contribution in [1.82, 2.24) is 4.31 Å². The molecule has 0 N–H and O–H groups in total. The number of hydrogen-bond acceptors (Lipinski definition) is 1. The maximum atomic E-state index is 12.0. The predicted molar refractivity (Wildman–Crippen MR) is 60.4 cm³/mol. The summed E-state index contributed by atoms with van der Waals surface area (Å²) in [4.78, 5) is 0. The maximum Gasteiger partial charge on any atom is 0.390 e. The molecule has 0 aliphatic heterocycles. The Bertz CT molecular complexity index is 219. The van der Waals surface area contributed by atoms with E-state index in [2.05, 4.69) is 0 Å². The highest BCUT2D eigenvalue weighted by atomic mass is 32.2. The number of alkyl halides is 3. The normalized spacial score (nSPS) is 14.8. The number of hydrogen-bond donors (Lipinski definition) is 0. The molecular formula is C10H20F3NOS. The van der Waals surface area contributed by atoms with Crippen LogP contribution in [0.15, 0.2) is 0 Å². The van der Waals surface area contributed by atoms with Crippen LogP contribution in [0.2, 0.25) is 0 Å². The highest BCUT2D eigenvalue weighted by Crippen LogP contribution is 2.20. The van der Waals surface area contributed by atoms with Crippen molar-refractivity contribution in [2.24, 2.45) is 5.92 Å². The van der Waals surface area contributed by atoms with Crippen LogP contribution in [0.25, 0.3) is 0 Å². The molecule has 1 atom stereocenters. The quantitative estimate of drug-likeness (QED) is 0.688. The molecule has 0 aliphatic carbocycles. The summed E-state index contributed by atoms with van der Waals surface area (Å²) in [5, 5.41) is 0. The molecule has 0 radical (unpaired) electrons. The van der Waals surface area contributed by atoms with Crippen molar-refractivity contribution < 1.29 is 17.4 Å². The maximum absolute atomic E-state index is 12.0. The third-order valence-electron chi connectivity index (χ3n) is 1.89. The average Bonchev–Trinajstić information content (AvgIpc) is 2.11. The van der Waals surface area contributed by atoms with Crippen LogP contribution in [-0.4, -0.2) is 33.5 Å². The van der Waals surface area contributed by atoms with Gasteiger partial charge in [-0.15, -0.1) is 0 Å². The van der Waals surface area contributed by atoms with Gasteiger partial charge in [-0.2, -0.15) is 13.2 Å². The first-order valence-electron chi connectivity index (χ1n) is 5.46. The molecule has 0 saturated heterocycles. The molecule has 0 spiro atoms. The van der Waals surface area contributed by atoms with E-state index in [1.165, 1.54) is 0 Å². The van der Waals surface area contributed by atoms with E-state index in [4.69, 9.17) is 0 Å². The minimum Gasteiger partial charge on any atom is -0.243 e. The lowest BCUT2D eigenvalue weighted by Gasteiger charge is -2.22. The minimum absolute atomic E-state index is 0.307. The van der Waals surface area contributed by atoms with E-state index >= 15 is 0 Å². The van der Waals surface area contributed by atoms with Gasteiger partial charge in [0.25, 0.3) is 0 Å². The van der Waals surface area contributed by atoms with Crippen LogP contribution in [0.4, 0.5) is 13.2 Å². The first kappa shape index (κ1) is 15.9. The lowest BCUT2D eigenvalue weighted by molar-refractivity contribution is -0.129. The van der Waals surface area contributed by atoms with Gasteiger partial charge in [-0.05, 0) is 12.3 Å². The van der Waals surface area contributed by atoms with Gasteiger partial charge in [0.05, 0.1) is 17.4 Å². The van der Waals surface area contributed by atoms with Crippen molar-refractivity contribution in [1.29, 1.82) is 0 Å². The van der Waals surface area contributed by atoms with Crippen molar-refractivity contribution in [3.8, 4) is 0 Å². The van der Waals surface area contributed by atoms with Gasteiger partial charge in [0.1, 0.15) is 0 Å². The molecule has 0 aliphatic rings. The highest BCUT2D eigenvalue weighted by Gasteiger charge is 2.28. The zero-order chi connectivity index (χ0) is 12.8. The number of rotatable bonds is 7. The summed E-state index contributed by atoms with van der Waals surface area (Å²) < 4.78 is 49.2. The van der Waals surface area contributed by atoms with Crippen molar-refractivity contribution in [3.63, 3.8) is 0 Å².